The van der Waals surface area contributed by atoms with Crippen LogP contribution in [0.2, 0.25) is 19.1 Å². The summed E-state index contributed by atoms with van der Waals surface area (Å²) in [4.78, 5) is 11.0. The molecule has 3 nitrogen and oxygen atoms in total. The molecule has 1 heterocycles. The molecule has 0 saturated carbocycles. The molecule has 0 aromatic heterocycles. The van der Waals surface area contributed by atoms with Crippen molar-refractivity contribution in [3.63, 3.8) is 0 Å². The van der Waals surface area contributed by atoms with E-state index in [0.29, 0.717) is 0 Å². The van der Waals surface area contributed by atoms with Gasteiger partial charge in [0.15, 0.2) is 0 Å². The molecule has 0 radical (unpaired) electrons. The van der Waals surface area contributed by atoms with E-state index in [1.54, 1.807) is 0 Å². The highest BCUT2D eigenvalue weighted by Crippen LogP contribution is 2.18. The van der Waals surface area contributed by atoms with E-state index in [1.807, 2.05) is 0 Å². The Balaban J connectivity index is 2.48. The lowest BCUT2D eigenvalue weighted by atomic mass is 10.3. The monoisotopic (exact) mass is 173 g/mol. The van der Waals surface area contributed by atoms with Crippen molar-refractivity contribution >= 4 is 14.0 Å². The SMILES string of the molecule is COC(=O)C1C[Si](C)(C)CN1. The Morgan fingerprint density at radius 3 is 2.64 bits per heavy atom. The van der Waals surface area contributed by atoms with Crippen LogP contribution in [0.25, 0.3) is 0 Å². The summed E-state index contributed by atoms with van der Waals surface area (Å²) in [6.07, 6.45) is 1.03. The van der Waals surface area contributed by atoms with Crippen LogP contribution in [-0.2, 0) is 9.53 Å². The second kappa shape index (κ2) is 2.95. The van der Waals surface area contributed by atoms with Gasteiger partial charge in [-0.15, -0.1) is 0 Å². The molecule has 0 spiro atoms. The van der Waals surface area contributed by atoms with Crippen LogP contribution in [0.4, 0.5) is 0 Å². The van der Waals surface area contributed by atoms with Gasteiger partial charge in [-0.3, -0.25) is 4.79 Å². The van der Waals surface area contributed by atoms with Crippen LogP contribution in [0.3, 0.4) is 0 Å². The molecule has 0 bridgehead atoms. The Morgan fingerprint density at radius 1 is 1.64 bits per heavy atom. The van der Waals surface area contributed by atoms with Gasteiger partial charge in [-0.25, -0.2) is 0 Å². The van der Waals surface area contributed by atoms with E-state index in [4.69, 9.17) is 0 Å². The first-order valence-corrected chi connectivity index (χ1v) is 7.28. The van der Waals surface area contributed by atoms with E-state index >= 15 is 0 Å². The molecule has 64 valence electrons. The Labute approximate surface area is 68.1 Å². The third-order valence-corrected chi connectivity index (χ3v) is 4.74. The largest absolute Gasteiger partial charge is 0.468 e. The average molecular weight is 173 g/mol. The maximum Gasteiger partial charge on any atom is 0.322 e. The summed E-state index contributed by atoms with van der Waals surface area (Å²) < 4.78 is 4.65. The topological polar surface area (TPSA) is 38.3 Å². The van der Waals surface area contributed by atoms with Gasteiger partial charge < -0.3 is 10.1 Å². The maximum absolute atomic E-state index is 11.0. The lowest BCUT2D eigenvalue weighted by molar-refractivity contribution is -0.142. The van der Waals surface area contributed by atoms with Gasteiger partial charge in [0.05, 0.1) is 15.2 Å². The zero-order valence-electron chi connectivity index (χ0n) is 7.31. The van der Waals surface area contributed by atoms with Crippen LogP contribution in [0.1, 0.15) is 0 Å². The lowest BCUT2D eigenvalue weighted by Crippen LogP contribution is -2.31. The van der Waals surface area contributed by atoms with Gasteiger partial charge in [-0.05, 0) is 12.2 Å². The smallest absolute Gasteiger partial charge is 0.322 e. The standard InChI is InChI=1S/C7H15NO2Si/c1-10-7(9)6-4-11(2,3)5-8-6/h6,8H,4-5H2,1-3H3. The van der Waals surface area contributed by atoms with E-state index < -0.39 is 8.07 Å². The molecule has 11 heavy (non-hydrogen) atoms. The van der Waals surface area contributed by atoms with E-state index in [1.165, 1.54) is 7.11 Å². The van der Waals surface area contributed by atoms with Crippen LogP contribution >= 0.6 is 0 Å². The minimum absolute atomic E-state index is 0.0262. The fourth-order valence-corrected chi connectivity index (χ4v) is 3.76. The summed E-state index contributed by atoms with van der Waals surface area (Å²) >= 11 is 0. The molecule has 0 aliphatic carbocycles. The lowest BCUT2D eigenvalue weighted by Gasteiger charge is -2.11. The molecule has 1 aliphatic rings. The fourth-order valence-electron chi connectivity index (χ4n) is 1.41. The van der Waals surface area contributed by atoms with Crippen molar-refractivity contribution in [3.8, 4) is 0 Å². The van der Waals surface area contributed by atoms with Crippen molar-refractivity contribution in [1.82, 2.24) is 5.32 Å². The molecule has 1 aliphatic heterocycles. The summed E-state index contributed by atoms with van der Waals surface area (Å²) in [5.41, 5.74) is 0. The zero-order chi connectivity index (χ0) is 8.48. The number of ether oxygens (including phenoxy) is 1. The zero-order valence-corrected chi connectivity index (χ0v) is 8.31. The van der Waals surface area contributed by atoms with Gasteiger partial charge in [-0.1, -0.05) is 13.1 Å². The number of rotatable bonds is 1. The first kappa shape index (κ1) is 8.74. The Bertz CT molecular complexity index is 170. The molecule has 0 aromatic carbocycles. The van der Waals surface area contributed by atoms with Gasteiger partial charge in [0.25, 0.3) is 0 Å². The molecular formula is C7H15NO2Si. The van der Waals surface area contributed by atoms with Gasteiger partial charge in [0.1, 0.15) is 6.04 Å². The number of methoxy groups -OCH3 is 1. The number of nitrogens with one attached hydrogen (secondary N) is 1. The Kier molecular flexibility index (Phi) is 2.34. The van der Waals surface area contributed by atoms with Crippen molar-refractivity contribution in [2.24, 2.45) is 0 Å². The normalized spacial score (nSPS) is 28.5. The minimum Gasteiger partial charge on any atom is -0.468 e. The quantitative estimate of drug-likeness (QED) is 0.460. The van der Waals surface area contributed by atoms with E-state index in [9.17, 15) is 4.79 Å². The van der Waals surface area contributed by atoms with Crippen molar-refractivity contribution in [2.75, 3.05) is 13.3 Å². The second-order valence-corrected chi connectivity index (χ2v) is 8.92. The third kappa shape index (κ3) is 2.04. The third-order valence-electron chi connectivity index (χ3n) is 2.07. The van der Waals surface area contributed by atoms with Gasteiger partial charge in [0.2, 0.25) is 0 Å². The Hall–Kier alpha value is -0.353. The number of esters is 1. The summed E-state index contributed by atoms with van der Waals surface area (Å²) in [5, 5.41) is 3.18. The minimum atomic E-state index is -1.09. The summed E-state index contributed by atoms with van der Waals surface area (Å²) in [7, 11) is 0.347. The highest BCUT2D eigenvalue weighted by Gasteiger charge is 2.36. The highest BCUT2D eigenvalue weighted by molar-refractivity contribution is 6.78. The van der Waals surface area contributed by atoms with Crippen molar-refractivity contribution in [2.45, 2.75) is 25.2 Å². The first-order valence-electron chi connectivity index (χ1n) is 3.86. The molecule has 0 aromatic rings. The van der Waals surface area contributed by atoms with E-state index in [0.717, 1.165) is 12.2 Å². The number of hydrogen-bond acceptors (Lipinski definition) is 3. The van der Waals surface area contributed by atoms with Crippen LogP contribution in [0.15, 0.2) is 0 Å². The van der Waals surface area contributed by atoms with Crippen LogP contribution in [0, 0.1) is 0 Å². The maximum atomic E-state index is 11.0. The van der Waals surface area contributed by atoms with Crippen LogP contribution in [-0.4, -0.2) is 33.4 Å². The van der Waals surface area contributed by atoms with Gasteiger partial charge in [0, 0.05) is 0 Å². The second-order valence-electron chi connectivity index (χ2n) is 3.82. The summed E-state index contributed by atoms with van der Waals surface area (Å²) in [5.74, 6) is -0.108. The highest BCUT2D eigenvalue weighted by atomic mass is 28.3. The summed E-state index contributed by atoms with van der Waals surface area (Å²) in [6, 6.07) is 0.987. The Morgan fingerprint density at radius 2 is 2.27 bits per heavy atom. The van der Waals surface area contributed by atoms with Crippen molar-refractivity contribution in [1.29, 1.82) is 0 Å². The molecule has 0 amide bonds. The number of carbonyl (C=O) groups is 1. The molecule has 1 saturated heterocycles. The first-order chi connectivity index (χ1) is 5.05. The number of hydrogen-bond donors (Lipinski definition) is 1. The number of carbonyl (C=O) groups excluding carboxylic acids is 1. The van der Waals surface area contributed by atoms with Crippen molar-refractivity contribution in [3.05, 3.63) is 0 Å². The fraction of sp³-hybridized carbons (Fsp3) is 0.857. The molecule has 4 heteroatoms. The molecule has 1 rings (SSSR count). The molecule has 1 unspecified atom stereocenters. The van der Waals surface area contributed by atoms with E-state index in [-0.39, 0.29) is 12.0 Å². The predicted molar refractivity (Wildman–Crippen MR) is 46.1 cm³/mol. The van der Waals surface area contributed by atoms with Crippen LogP contribution < -0.4 is 5.32 Å². The predicted octanol–water partition coefficient (Wildman–Crippen LogP) is 0.379. The molecule has 1 N–H and O–H groups in total. The molecular weight excluding hydrogens is 158 g/mol. The average Bonchev–Trinajstić information content (AvgIpc) is 2.29. The molecule has 1 fully saturated rings. The van der Waals surface area contributed by atoms with Gasteiger partial charge >= 0.3 is 5.97 Å². The summed E-state index contributed by atoms with van der Waals surface area (Å²) in [6.45, 7) is 4.56. The van der Waals surface area contributed by atoms with Crippen molar-refractivity contribution < 1.29 is 9.53 Å². The molecule has 1 atom stereocenters. The van der Waals surface area contributed by atoms with Gasteiger partial charge in [-0.2, -0.15) is 0 Å². The van der Waals surface area contributed by atoms with Crippen LogP contribution in [0.5, 0.6) is 0 Å². The van der Waals surface area contributed by atoms with E-state index in [2.05, 4.69) is 23.1 Å².